The number of nitrogens with one attached hydrogen (secondary N) is 1. The second-order valence-electron chi connectivity index (χ2n) is 4.79. The summed E-state index contributed by atoms with van der Waals surface area (Å²) in [6, 6.07) is 6.67. The molecule has 0 fully saturated rings. The summed E-state index contributed by atoms with van der Waals surface area (Å²) in [5, 5.41) is 6.30. The fourth-order valence-electron chi connectivity index (χ4n) is 2.10. The molecule has 0 spiro atoms. The number of amides is 1. The molecule has 2 rings (SSSR count). The maximum atomic E-state index is 12.4. The molecular formula is C14H16N2O4S. The van der Waals surface area contributed by atoms with E-state index < -0.39 is 9.84 Å². The first-order chi connectivity index (χ1) is 9.79. The van der Waals surface area contributed by atoms with Gasteiger partial charge >= 0.3 is 0 Å². The van der Waals surface area contributed by atoms with Gasteiger partial charge in [0.05, 0.1) is 11.4 Å². The van der Waals surface area contributed by atoms with Crippen LogP contribution in [0.15, 0.2) is 33.7 Å². The van der Waals surface area contributed by atoms with E-state index in [0.29, 0.717) is 22.7 Å². The molecule has 0 aliphatic rings. The second-order valence-corrected chi connectivity index (χ2v) is 6.72. The van der Waals surface area contributed by atoms with Gasteiger partial charge < -0.3 is 9.84 Å². The number of sulfone groups is 1. The van der Waals surface area contributed by atoms with Gasteiger partial charge in [-0.1, -0.05) is 17.3 Å². The summed E-state index contributed by atoms with van der Waals surface area (Å²) in [7, 11) is -3.51. The van der Waals surface area contributed by atoms with Gasteiger partial charge in [0.15, 0.2) is 15.6 Å². The number of carbonyl (C=O) groups is 1. The normalized spacial score (nSPS) is 11.4. The van der Waals surface area contributed by atoms with Gasteiger partial charge in [-0.2, -0.15) is 0 Å². The topological polar surface area (TPSA) is 89.3 Å². The molecule has 1 amide bonds. The van der Waals surface area contributed by atoms with Crippen LogP contribution in [0.1, 0.15) is 23.9 Å². The van der Waals surface area contributed by atoms with Crippen molar-refractivity contribution in [2.75, 3.05) is 5.32 Å². The first kappa shape index (κ1) is 15.2. The molecule has 1 aromatic heterocycles. The molecule has 0 aliphatic carbocycles. The Morgan fingerprint density at radius 1 is 1.24 bits per heavy atom. The lowest BCUT2D eigenvalue weighted by molar-refractivity contribution is -0.114. The van der Waals surface area contributed by atoms with Crippen molar-refractivity contribution in [1.82, 2.24) is 5.16 Å². The Hall–Kier alpha value is -2.15. The molecule has 7 heteroatoms. The highest BCUT2D eigenvalue weighted by atomic mass is 32.2. The fraction of sp³-hybridized carbons (Fsp3) is 0.286. The fourth-order valence-corrected chi connectivity index (χ4v) is 3.84. The first-order valence-corrected chi connectivity index (χ1v) is 7.97. The molecule has 0 aliphatic heterocycles. The molecule has 0 saturated heterocycles. The maximum Gasteiger partial charge on any atom is 0.221 e. The maximum absolute atomic E-state index is 12.4. The molecule has 112 valence electrons. The Kier molecular flexibility index (Phi) is 4.13. The standard InChI is InChI=1S/C14H16N2O4S/c1-9-14(10(2)20-16-9)21(18,19)8-12-4-6-13(7-5-12)15-11(3)17/h4-7H,8H2,1-3H3,(H,15,17). The summed E-state index contributed by atoms with van der Waals surface area (Å²) in [4.78, 5) is 11.1. The van der Waals surface area contributed by atoms with Crippen molar-refractivity contribution in [2.45, 2.75) is 31.4 Å². The zero-order valence-electron chi connectivity index (χ0n) is 12.0. The van der Waals surface area contributed by atoms with Crippen LogP contribution < -0.4 is 5.32 Å². The van der Waals surface area contributed by atoms with E-state index in [-0.39, 0.29) is 16.6 Å². The van der Waals surface area contributed by atoms with E-state index in [0.717, 1.165) is 0 Å². The van der Waals surface area contributed by atoms with Gasteiger partial charge in [-0.3, -0.25) is 4.79 Å². The number of carbonyl (C=O) groups excluding carboxylic acids is 1. The zero-order valence-corrected chi connectivity index (χ0v) is 12.8. The van der Waals surface area contributed by atoms with Gasteiger partial charge in [0.2, 0.25) is 5.91 Å². The number of benzene rings is 1. The lowest BCUT2D eigenvalue weighted by Gasteiger charge is -2.06. The monoisotopic (exact) mass is 308 g/mol. The zero-order chi connectivity index (χ0) is 15.6. The Morgan fingerprint density at radius 3 is 2.33 bits per heavy atom. The lowest BCUT2D eigenvalue weighted by Crippen LogP contribution is -2.08. The van der Waals surface area contributed by atoms with Crippen LogP contribution in [0, 0.1) is 13.8 Å². The number of hydrogen-bond acceptors (Lipinski definition) is 5. The average Bonchev–Trinajstić information content (AvgIpc) is 2.71. The van der Waals surface area contributed by atoms with E-state index in [1.54, 1.807) is 38.1 Å². The molecule has 2 aromatic rings. The van der Waals surface area contributed by atoms with Crippen LogP contribution in [0.25, 0.3) is 0 Å². The molecule has 1 aromatic carbocycles. The van der Waals surface area contributed by atoms with Crippen molar-refractivity contribution in [3.8, 4) is 0 Å². The number of hydrogen-bond donors (Lipinski definition) is 1. The van der Waals surface area contributed by atoms with Crippen molar-refractivity contribution in [3.63, 3.8) is 0 Å². The number of aryl methyl sites for hydroxylation is 2. The van der Waals surface area contributed by atoms with E-state index in [1.807, 2.05) is 0 Å². The van der Waals surface area contributed by atoms with Crippen LogP contribution in [0.2, 0.25) is 0 Å². The third kappa shape index (κ3) is 3.49. The van der Waals surface area contributed by atoms with Crippen molar-refractivity contribution in [3.05, 3.63) is 41.3 Å². The SMILES string of the molecule is CC(=O)Nc1ccc(CS(=O)(=O)c2c(C)noc2C)cc1. The smallest absolute Gasteiger partial charge is 0.221 e. The Balaban J connectivity index is 2.23. The number of rotatable bonds is 4. The highest BCUT2D eigenvalue weighted by Gasteiger charge is 2.24. The predicted octanol–water partition coefficient (Wildman–Crippen LogP) is 2.22. The molecule has 0 unspecified atom stereocenters. The third-order valence-corrected chi connectivity index (χ3v) is 4.83. The minimum Gasteiger partial charge on any atom is -0.360 e. The van der Waals surface area contributed by atoms with Crippen LogP contribution in [0.5, 0.6) is 0 Å². The molecule has 1 N–H and O–H groups in total. The minimum absolute atomic E-state index is 0.143. The van der Waals surface area contributed by atoms with Crippen LogP contribution in [-0.2, 0) is 20.4 Å². The summed E-state index contributed by atoms with van der Waals surface area (Å²) < 4.78 is 29.7. The third-order valence-electron chi connectivity index (χ3n) is 2.91. The molecule has 6 nitrogen and oxygen atoms in total. The summed E-state index contributed by atoms with van der Waals surface area (Å²) in [5.41, 5.74) is 1.62. The second kappa shape index (κ2) is 5.69. The quantitative estimate of drug-likeness (QED) is 0.935. The van der Waals surface area contributed by atoms with E-state index in [9.17, 15) is 13.2 Å². The molecule has 0 bridgehead atoms. The molecule has 0 atom stereocenters. The highest BCUT2D eigenvalue weighted by molar-refractivity contribution is 7.90. The van der Waals surface area contributed by atoms with Gasteiger partial charge in [0.1, 0.15) is 4.90 Å². The Bertz CT molecular complexity index is 741. The Labute approximate surface area is 123 Å². The molecular weight excluding hydrogens is 292 g/mol. The summed E-state index contributed by atoms with van der Waals surface area (Å²) in [5.74, 6) is -0.0237. The van der Waals surface area contributed by atoms with Crippen molar-refractivity contribution in [1.29, 1.82) is 0 Å². The number of nitrogens with zero attached hydrogens (tertiary/aromatic N) is 1. The van der Waals surface area contributed by atoms with E-state index in [1.165, 1.54) is 6.92 Å². The average molecular weight is 308 g/mol. The van der Waals surface area contributed by atoms with Gasteiger partial charge in [0.25, 0.3) is 0 Å². The summed E-state index contributed by atoms with van der Waals surface area (Å²) in [6.07, 6.45) is 0. The summed E-state index contributed by atoms with van der Waals surface area (Å²) in [6.45, 7) is 4.59. The van der Waals surface area contributed by atoms with E-state index in [4.69, 9.17) is 4.52 Å². The molecule has 0 radical (unpaired) electrons. The number of anilines is 1. The Morgan fingerprint density at radius 2 is 1.86 bits per heavy atom. The van der Waals surface area contributed by atoms with Crippen molar-refractivity contribution < 1.29 is 17.7 Å². The van der Waals surface area contributed by atoms with Gasteiger partial charge in [0, 0.05) is 12.6 Å². The summed E-state index contributed by atoms with van der Waals surface area (Å²) >= 11 is 0. The molecule has 1 heterocycles. The van der Waals surface area contributed by atoms with Crippen LogP contribution in [-0.4, -0.2) is 19.5 Å². The predicted molar refractivity (Wildman–Crippen MR) is 77.6 cm³/mol. The lowest BCUT2D eigenvalue weighted by atomic mass is 10.2. The van der Waals surface area contributed by atoms with Gasteiger partial charge in [-0.05, 0) is 31.5 Å². The van der Waals surface area contributed by atoms with Crippen LogP contribution in [0.3, 0.4) is 0 Å². The first-order valence-electron chi connectivity index (χ1n) is 6.32. The van der Waals surface area contributed by atoms with Crippen molar-refractivity contribution in [2.24, 2.45) is 0 Å². The van der Waals surface area contributed by atoms with Crippen molar-refractivity contribution >= 4 is 21.4 Å². The largest absolute Gasteiger partial charge is 0.360 e. The minimum atomic E-state index is -3.51. The van der Waals surface area contributed by atoms with Crippen LogP contribution >= 0.6 is 0 Å². The molecule has 0 saturated carbocycles. The highest BCUT2D eigenvalue weighted by Crippen LogP contribution is 2.23. The van der Waals surface area contributed by atoms with E-state index >= 15 is 0 Å². The van der Waals surface area contributed by atoms with Gasteiger partial charge in [-0.25, -0.2) is 8.42 Å². The van der Waals surface area contributed by atoms with Crippen LogP contribution in [0.4, 0.5) is 5.69 Å². The number of aromatic nitrogens is 1. The van der Waals surface area contributed by atoms with Gasteiger partial charge in [-0.15, -0.1) is 0 Å². The molecule has 21 heavy (non-hydrogen) atoms. The van der Waals surface area contributed by atoms with E-state index in [2.05, 4.69) is 10.5 Å².